The lowest BCUT2D eigenvalue weighted by Gasteiger charge is -1.92. The molecule has 8 nitrogen and oxygen atoms in total. The number of carbonyl (C=O) groups is 1. The van der Waals surface area contributed by atoms with Gasteiger partial charge in [-0.25, -0.2) is 4.79 Å². The predicted molar refractivity (Wildman–Crippen MR) is 58.7 cm³/mol. The van der Waals surface area contributed by atoms with Crippen molar-refractivity contribution in [3.63, 3.8) is 0 Å². The van der Waals surface area contributed by atoms with E-state index in [-0.39, 0.29) is 17.3 Å². The zero-order valence-corrected chi connectivity index (χ0v) is 9.49. The molecular formula is C9H6ClN3O5. The van der Waals surface area contributed by atoms with Crippen LogP contribution in [0.15, 0.2) is 22.7 Å². The Bertz CT molecular complexity index is 618. The van der Waals surface area contributed by atoms with Gasteiger partial charge in [0.25, 0.3) is 0 Å². The molecule has 0 saturated heterocycles. The number of halogens is 1. The second-order valence-electron chi connectivity index (χ2n) is 3.33. The number of carboxylic acid groups (broad SMARTS) is 1. The van der Waals surface area contributed by atoms with Crippen LogP contribution in [0.25, 0.3) is 0 Å². The molecule has 2 rings (SSSR count). The predicted octanol–water partition coefficient (Wildman–Crippen LogP) is 1.78. The molecule has 0 radical (unpaired) electrons. The Morgan fingerprint density at radius 2 is 2.33 bits per heavy atom. The molecule has 0 saturated carbocycles. The van der Waals surface area contributed by atoms with Gasteiger partial charge >= 0.3 is 11.8 Å². The van der Waals surface area contributed by atoms with Gasteiger partial charge in [0, 0.05) is 0 Å². The second-order valence-corrected chi connectivity index (χ2v) is 3.73. The summed E-state index contributed by atoms with van der Waals surface area (Å²) in [5.41, 5.74) is 0. The molecule has 2 aromatic rings. The normalized spacial score (nSPS) is 10.5. The summed E-state index contributed by atoms with van der Waals surface area (Å²) < 4.78 is 6.18. The maximum atomic E-state index is 10.6. The molecule has 2 aromatic heterocycles. The van der Waals surface area contributed by atoms with Crippen LogP contribution in [0.2, 0.25) is 5.02 Å². The fourth-order valence-electron chi connectivity index (χ4n) is 1.33. The first-order valence-electron chi connectivity index (χ1n) is 4.66. The minimum atomic E-state index is -1.19. The number of aromatic carboxylic acids is 1. The molecular weight excluding hydrogens is 266 g/mol. The molecule has 18 heavy (non-hydrogen) atoms. The van der Waals surface area contributed by atoms with Crippen LogP contribution in [0, 0.1) is 10.1 Å². The SMILES string of the molecule is O=C(O)c1ccc(Cn2cc(Cl)c([N+](=O)[O-])n2)o1. The summed E-state index contributed by atoms with van der Waals surface area (Å²) in [6, 6.07) is 2.74. The van der Waals surface area contributed by atoms with E-state index < -0.39 is 16.7 Å². The largest absolute Gasteiger partial charge is 0.475 e. The highest BCUT2D eigenvalue weighted by atomic mass is 35.5. The molecule has 2 heterocycles. The highest BCUT2D eigenvalue weighted by Gasteiger charge is 2.20. The lowest BCUT2D eigenvalue weighted by atomic mass is 10.4. The van der Waals surface area contributed by atoms with Gasteiger partial charge < -0.3 is 19.6 Å². The van der Waals surface area contributed by atoms with E-state index in [2.05, 4.69) is 5.10 Å². The lowest BCUT2D eigenvalue weighted by Crippen LogP contribution is -2.00. The minimum Gasteiger partial charge on any atom is -0.475 e. The van der Waals surface area contributed by atoms with Gasteiger partial charge in [0.1, 0.15) is 12.3 Å². The van der Waals surface area contributed by atoms with Gasteiger partial charge in [-0.15, -0.1) is 0 Å². The standard InChI is InChI=1S/C9H6ClN3O5/c10-6-4-12(11-8(6)13(16)17)3-5-1-2-7(18-5)9(14)15/h1-2,4H,3H2,(H,14,15). The molecule has 0 aromatic carbocycles. The van der Waals surface area contributed by atoms with Crippen molar-refractivity contribution in [1.82, 2.24) is 9.78 Å². The Morgan fingerprint density at radius 1 is 1.61 bits per heavy atom. The molecule has 9 heteroatoms. The van der Waals surface area contributed by atoms with Gasteiger partial charge in [-0.05, 0) is 17.1 Å². The van der Waals surface area contributed by atoms with E-state index in [0.29, 0.717) is 5.76 Å². The lowest BCUT2D eigenvalue weighted by molar-refractivity contribution is -0.389. The van der Waals surface area contributed by atoms with E-state index in [1.807, 2.05) is 0 Å². The van der Waals surface area contributed by atoms with Crippen molar-refractivity contribution in [2.45, 2.75) is 6.54 Å². The van der Waals surface area contributed by atoms with Crippen molar-refractivity contribution in [2.24, 2.45) is 0 Å². The van der Waals surface area contributed by atoms with Gasteiger partial charge in [0.05, 0.1) is 11.3 Å². The number of rotatable bonds is 4. The van der Waals surface area contributed by atoms with E-state index in [9.17, 15) is 14.9 Å². The van der Waals surface area contributed by atoms with Gasteiger partial charge in [-0.1, -0.05) is 11.6 Å². The second kappa shape index (κ2) is 4.49. The van der Waals surface area contributed by atoms with E-state index in [1.54, 1.807) is 0 Å². The van der Waals surface area contributed by atoms with Crippen LogP contribution in [0.1, 0.15) is 16.3 Å². The zero-order chi connectivity index (χ0) is 13.3. The highest BCUT2D eigenvalue weighted by molar-refractivity contribution is 6.32. The summed E-state index contributed by atoms with van der Waals surface area (Å²) in [6.07, 6.45) is 1.27. The molecule has 0 spiro atoms. The summed E-state index contributed by atoms with van der Waals surface area (Å²) in [5, 5.41) is 22.7. The van der Waals surface area contributed by atoms with Gasteiger partial charge in [-0.3, -0.25) is 0 Å². The van der Waals surface area contributed by atoms with E-state index in [1.165, 1.54) is 23.0 Å². The number of furan rings is 1. The number of carboxylic acids is 1. The molecule has 0 aliphatic rings. The third-order valence-electron chi connectivity index (χ3n) is 2.06. The summed E-state index contributed by atoms with van der Waals surface area (Å²) in [4.78, 5) is 20.4. The molecule has 0 unspecified atom stereocenters. The smallest absolute Gasteiger partial charge is 0.408 e. The summed E-state index contributed by atoms with van der Waals surface area (Å²) >= 11 is 5.61. The maximum Gasteiger partial charge on any atom is 0.408 e. The monoisotopic (exact) mass is 271 g/mol. The van der Waals surface area contributed by atoms with Crippen LogP contribution in [0.3, 0.4) is 0 Å². The van der Waals surface area contributed by atoms with Gasteiger partial charge in [-0.2, -0.15) is 4.68 Å². The highest BCUT2D eigenvalue weighted by Crippen LogP contribution is 2.22. The van der Waals surface area contributed by atoms with Gasteiger partial charge in [0.2, 0.25) is 5.76 Å². The van der Waals surface area contributed by atoms with E-state index >= 15 is 0 Å². The average molecular weight is 272 g/mol. The fourth-order valence-corrected chi connectivity index (χ4v) is 1.55. The maximum absolute atomic E-state index is 10.6. The zero-order valence-electron chi connectivity index (χ0n) is 8.74. The number of nitro groups is 1. The van der Waals surface area contributed by atoms with Crippen LogP contribution in [-0.2, 0) is 6.54 Å². The van der Waals surface area contributed by atoms with Crippen molar-refractivity contribution < 1.29 is 19.2 Å². The number of hydrogen-bond donors (Lipinski definition) is 1. The van der Waals surface area contributed by atoms with Crippen molar-refractivity contribution in [1.29, 1.82) is 0 Å². The van der Waals surface area contributed by atoms with Crippen LogP contribution in [0.4, 0.5) is 5.82 Å². The molecule has 0 fully saturated rings. The van der Waals surface area contributed by atoms with Crippen molar-refractivity contribution in [2.75, 3.05) is 0 Å². The topological polar surface area (TPSA) is 111 Å². The number of nitrogens with zero attached hydrogens (tertiary/aromatic N) is 3. The molecule has 0 atom stereocenters. The fraction of sp³-hybridized carbons (Fsp3) is 0.111. The third kappa shape index (κ3) is 2.33. The van der Waals surface area contributed by atoms with Crippen molar-refractivity contribution in [3.05, 3.63) is 45.0 Å². The molecule has 0 bridgehead atoms. The quantitative estimate of drug-likeness (QED) is 0.670. The average Bonchev–Trinajstić information content (AvgIpc) is 2.86. The first kappa shape index (κ1) is 12.1. The van der Waals surface area contributed by atoms with E-state index in [0.717, 1.165) is 0 Å². The Hall–Kier alpha value is -2.35. The first-order chi connectivity index (χ1) is 8.47. The van der Waals surface area contributed by atoms with Crippen LogP contribution in [0.5, 0.6) is 0 Å². The molecule has 0 amide bonds. The molecule has 94 valence electrons. The van der Waals surface area contributed by atoms with Crippen molar-refractivity contribution >= 4 is 23.4 Å². The number of hydrogen-bond acceptors (Lipinski definition) is 5. The Balaban J connectivity index is 2.20. The van der Waals surface area contributed by atoms with Crippen LogP contribution >= 0.6 is 11.6 Å². The summed E-state index contributed by atoms with van der Waals surface area (Å²) in [6.45, 7) is 0.0564. The third-order valence-corrected chi connectivity index (χ3v) is 2.33. The summed E-state index contributed by atoms with van der Waals surface area (Å²) in [7, 11) is 0. The van der Waals surface area contributed by atoms with Crippen LogP contribution < -0.4 is 0 Å². The Morgan fingerprint density at radius 3 is 2.83 bits per heavy atom. The Labute approximate surface area is 105 Å². The van der Waals surface area contributed by atoms with Crippen molar-refractivity contribution in [3.8, 4) is 0 Å². The molecule has 0 aliphatic heterocycles. The number of aromatic nitrogens is 2. The van der Waals surface area contributed by atoms with Crippen LogP contribution in [-0.4, -0.2) is 25.8 Å². The summed E-state index contributed by atoms with van der Waals surface area (Å²) in [5.74, 6) is -1.55. The first-order valence-corrected chi connectivity index (χ1v) is 5.04. The Kier molecular flexibility index (Phi) is 3.02. The molecule has 1 N–H and O–H groups in total. The minimum absolute atomic E-state index is 0.0564. The van der Waals surface area contributed by atoms with E-state index in [4.69, 9.17) is 21.1 Å². The van der Waals surface area contributed by atoms with Gasteiger partial charge in [0.15, 0.2) is 5.02 Å². The molecule has 0 aliphatic carbocycles.